The molecule has 1 saturated heterocycles. The van der Waals surface area contributed by atoms with Gasteiger partial charge in [-0.1, -0.05) is 60.7 Å². The van der Waals surface area contributed by atoms with Gasteiger partial charge in [-0.3, -0.25) is 0 Å². The van der Waals surface area contributed by atoms with Gasteiger partial charge >= 0.3 is 0 Å². The third kappa shape index (κ3) is 4.33. The number of hydrogen-bond acceptors (Lipinski definition) is 3. The fraction of sp³-hybridized carbons (Fsp3) is 0.286. The summed E-state index contributed by atoms with van der Waals surface area (Å²) in [6.07, 6.45) is 5.68. The van der Waals surface area contributed by atoms with Gasteiger partial charge in [-0.2, -0.15) is 0 Å². The maximum Gasteiger partial charge on any atom is 0.186 e. The first-order chi connectivity index (χ1) is 12.3. The van der Waals surface area contributed by atoms with Crippen molar-refractivity contribution in [1.82, 2.24) is 9.55 Å². The maximum absolute atomic E-state index is 6.01. The lowest BCUT2D eigenvalue weighted by molar-refractivity contribution is -0.171. The maximum atomic E-state index is 6.01. The van der Waals surface area contributed by atoms with Crippen LogP contribution in [-0.4, -0.2) is 28.6 Å². The molecular weight excluding hydrogens is 348 g/mol. The largest absolute Gasteiger partial charge is 0.346 e. The molecule has 4 rings (SSSR count). The number of aromatic nitrogens is 2. The third-order valence-corrected chi connectivity index (χ3v) is 4.58. The van der Waals surface area contributed by atoms with Crippen molar-refractivity contribution in [1.29, 1.82) is 0 Å². The summed E-state index contributed by atoms with van der Waals surface area (Å²) >= 11 is 0. The Labute approximate surface area is 160 Å². The molecule has 0 radical (unpaired) electrons. The Morgan fingerprint density at radius 2 is 1.58 bits per heavy atom. The molecule has 0 spiro atoms. The molecule has 4 nitrogen and oxygen atoms in total. The summed E-state index contributed by atoms with van der Waals surface area (Å²) in [5.41, 5.74) is 3.39. The normalized spacial score (nSPS) is 15.5. The van der Waals surface area contributed by atoms with E-state index in [-0.39, 0.29) is 12.4 Å². The minimum absolute atomic E-state index is 0. The lowest BCUT2D eigenvalue weighted by Crippen LogP contribution is -2.35. The molecule has 2 aromatic carbocycles. The molecule has 1 aliphatic heterocycles. The van der Waals surface area contributed by atoms with E-state index in [1.54, 1.807) is 0 Å². The van der Waals surface area contributed by atoms with Crippen LogP contribution in [0.15, 0.2) is 73.2 Å². The second-order valence-electron chi connectivity index (χ2n) is 6.39. The first kappa shape index (κ1) is 18.6. The van der Waals surface area contributed by atoms with Crippen molar-refractivity contribution in [2.45, 2.75) is 25.2 Å². The molecule has 1 aromatic heterocycles. The average Bonchev–Trinajstić information content (AvgIpc) is 3.32. The van der Waals surface area contributed by atoms with Gasteiger partial charge in [0.1, 0.15) is 0 Å². The van der Waals surface area contributed by atoms with Gasteiger partial charge in [0, 0.05) is 18.2 Å². The van der Waals surface area contributed by atoms with E-state index in [0.717, 1.165) is 24.1 Å². The Kier molecular flexibility index (Phi) is 6.09. The molecule has 3 aromatic rings. The highest BCUT2D eigenvalue weighted by Gasteiger charge is 2.36. The smallest absolute Gasteiger partial charge is 0.186 e. The summed E-state index contributed by atoms with van der Waals surface area (Å²) in [5.74, 6) is -0.565. The number of rotatable bonds is 6. The van der Waals surface area contributed by atoms with E-state index in [9.17, 15) is 0 Å². The van der Waals surface area contributed by atoms with Crippen molar-refractivity contribution < 1.29 is 9.47 Å². The van der Waals surface area contributed by atoms with Crippen LogP contribution in [0, 0.1) is 0 Å². The number of benzene rings is 2. The molecule has 0 aliphatic carbocycles. The molecule has 2 heterocycles. The fourth-order valence-electron chi connectivity index (χ4n) is 3.27. The van der Waals surface area contributed by atoms with Crippen LogP contribution in [0.5, 0.6) is 0 Å². The number of halogens is 1. The highest BCUT2D eigenvalue weighted by molar-refractivity contribution is 5.85. The number of ether oxygens (including phenoxy) is 2. The Bertz CT molecular complexity index is 799. The second kappa shape index (κ2) is 8.49. The molecule has 0 bridgehead atoms. The number of nitrogens with zero attached hydrogens (tertiary/aromatic N) is 2. The van der Waals surface area contributed by atoms with Gasteiger partial charge in [-0.25, -0.2) is 4.98 Å². The number of aryl methyl sites for hydroxylation is 1. The molecule has 0 N–H and O–H groups in total. The minimum atomic E-state index is -0.565. The van der Waals surface area contributed by atoms with Crippen LogP contribution in [0.4, 0.5) is 0 Å². The molecule has 0 amide bonds. The van der Waals surface area contributed by atoms with Gasteiger partial charge in [-0.15, -0.1) is 12.4 Å². The Morgan fingerprint density at radius 3 is 2.27 bits per heavy atom. The van der Waals surface area contributed by atoms with Gasteiger partial charge in [0.25, 0.3) is 0 Å². The zero-order valence-electron chi connectivity index (χ0n) is 14.6. The average molecular weight is 371 g/mol. The number of imidazole rings is 1. The van der Waals surface area contributed by atoms with Gasteiger partial charge < -0.3 is 14.0 Å². The van der Waals surface area contributed by atoms with Crippen molar-refractivity contribution in [3.8, 4) is 11.3 Å². The summed E-state index contributed by atoms with van der Waals surface area (Å²) in [6, 6.07) is 20.7. The summed E-state index contributed by atoms with van der Waals surface area (Å²) in [5, 5.41) is 0. The Balaban J connectivity index is 0.00000196. The van der Waals surface area contributed by atoms with E-state index in [1.807, 2.05) is 30.6 Å². The second-order valence-corrected chi connectivity index (χ2v) is 6.39. The summed E-state index contributed by atoms with van der Waals surface area (Å²) in [4.78, 5) is 4.53. The quantitative estimate of drug-likeness (QED) is 0.647. The summed E-state index contributed by atoms with van der Waals surface area (Å²) in [6.45, 7) is 1.95. The van der Waals surface area contributed by atoms with Crippen molar-refractivity contribution in [2.75, 3.05) is 13.2 Å². The van der Waals surface area contributed by atoms with Crippen LogP contribution in [0.25, 0.3) is 11.3 Å². The van der Waals surface area contributed by atoms with E-state index in [2.05, 4.69) is 52.1 Å². The van der Waals surface area contributed by atoms with E-state index in [4.69, 9.17) is 9.47 Å². The van der Waals surface area contributed by atoms with Crippen molar-refractivity contribution in [3.63, 3.8) is 0 Å². The summed E-state index contributed by atoms with van der Waals surface area (Å²) in [7, 11) is 0. The van der Waals surface area contributed by atoms with E-state index < -0.39 is 5.79 Å². The topological polar surface area (TPSA) is 36.3 Å². The standard InChI is InChI=1S/C21H22N2O2.ClH/c1-3-7-18(8-4-1)11-12-21(24-13-14-25-21)16-23-15-20(22-17-23)19-9-5-2-6-10-19;/h1-10,15,17H,11-14,16H2;1H. The monoisotopic (exact) mass is 370 g/mol. The molecule has 0 unspecified atom stereocenters. The van der Waals surface area contributed by atoms with E-state index >= 15 is 0 Å². The highest BCUT2D eigenvalue weighted by Crippen LogP contribution is 2.28. The SMILES string of the molecule is Cl.c1ccc(CCC2(Cn3cnc(-c4ccccc4)c3)OCCO2)cc1. The minimum Gasteiger partial charge on any atom is -0.346 e. The van der Waals surface area contributed by atoms with Crippen LogP contribution in [0.3, 0.4) is 0 Å². The molecule has 1 fully saturated rings. The molecule has 5 heteroatoms. The predicted molar refractivity (Wildman–Crippen MR) is 104 cm³/mol. The summed E-state index contributed by atoms with van der Waals surface area (Å²) < 4.78 is 14.1. The van der Waals surface area contributed by atoms with Gasteiger partial charge in [0.2, 0.25) is 0 Å². The lowest BCUT2D eigenvalue weighted by atomic mass is 10.0. The highest BCUT2D eigenvalue weighted by atomic mass is 35.5. The van der Waals surface area contributed by atoms with Crippen LogP contribution < -0.4 is 0 Å². The lowest BCUT2D eigenvalue weighted by Gasteiger charge is -2.27. The van der Waals surface area contributed by atoms with Gasteiger partial charge in [0.05, 0.1) is 31.8 Å². The molecule has 0 atom stereocenters. The predicted octanol–water partition coefficient (Wildman–Crippen LogP) is 4.35. The molecule has 0 saturated carbocycles. The first-order valence-electron chi connectivity index (χ1n) is 8.72. The Morgan fingerprint density at radius 1 is 0.923 bits per heavy atom. The molecular formula is C21H23ClN2O2. The molecule has 26 heavy (non-hydrogen) atoms. The molecule has 1 aliphatic rings. The van der Waals surface area contributed by atoms with Crippen LogP contribution >= 0.6 is 12.4 Å². The zero-order chi connectivity index (χ0) is 17.0. The van der Waals surface area contributed by atoms with E-state index in [1.165, 1.54) is 5.56 Å². The zero-order valence-corrected chi connectivity index (χ0v) is 15.4. The van der Waals surface area contributed by atoms with Crippen LogP contribution in [0.1, 0.15) is 12.0 Å². The third-order valence-electron chi connectivity index (χ3n) is 4.58. The van der Waals surface area contributed by atoms with Crippen molar-refractivity contribution in [2.24, 2.45) is 0 Å². The van der Waals surface area contributed by atoms with Gasteiger partial charge in [0.15, 0.2) is 5.79 Å². The molecule has 136 valence electrons. The van der Waals surface area contributed by atoms with Crippen LogP contribution in [-0.2, 0) is 22.4 Å². The Hall–Kier alpha value is -2.14. The van der Waals surface area contributed by atoms with Crippen molar-refractivity contribution >= 4 is 12.4 Å². The van der Waals surface area contributed by atoms with E-state index in [0.29, 0.717) is 19.8 Å². The first-order valence-corrected chi connectivity index (χ1v) is 8.72. The number of hydrogen-bond donors (Lipinski definition) is 0. The van der Waals surface area contributed by atoms with Crippen LogP contribution in [0.2, 0.25) is 0 Å². The fourth-order valence-corrected chi connectivity index (χ4v) is 3.27. The van der Waals surface area contributed by atoms with Gasteiger partial charge in [-0.05, 0) is 12.0 Å². The van der Waals surface area contributed by atoms with Crippen molar-refractivity contribution in [3.05, 3.63) is 78.8 Å².